The van der Waals surface area contributed by atoms with Gasteiger partial charge < -0.3 is 9.84 Å². The first-order valence-corrected chi connectivity index (χ1v) is 9.95. The smallest absolute Gasteiger partial charge is 0.292 e. The van der Waals surface area contributed by atoms with Gasteiger partial charge in [0.15, 0.2) is 0 Å². The summed E-state index contributed by atoms with van der Waals surface area (Å²) < 4.78 is 29.7. The second-order valence-corrected chi connectivity index (χ2v) is 8.42. The van der Waals surface area contributed by atoms with Crippen molar-refractivity contribution in [2.24, 2.45) is 0 Å². The highest BCUT2D eigenvalue weighted by atomic mass is 32.2. The number of nitrogens with zero attached hydrogens (tertiary/aromatic N) is 3. The number of nitrogens with one attached hydrogen (secondary N) is 1. The van der Waals surface area contributed by atoms with Crippen molar-refractivity contribution in [3.8, 4) is 11.1 Å². The van der Waals surface area contributed by atoms with E-state index < -0.39 is 14.9 Å². The summed E-state index contributed by atoms with van der Waals surface area (Å²) in [6.45, 7) is 4.23. The lowest BCUT2D eigenvalue weighted by Crippen LogP contribution is -2.30. The number of benzene rings is 1. The van der Waals surface area contributed by atoms with Gasteiger partial charge in [-0.15, -0.1) is 0 Å². The Balaban J connectivity index is 1.88. The highest BCUT2D eigenvalue weighted by Crippen LogP contribution is 2.34. The number of aromatic nitrogens is 1. The number of rotatable bonds is 5. The number of nitro groups is 1. The molecule has 0 bridgehead atoms. The molecular formula is C16H20N4O5S. The lowest BCUT2D eigenvalue weighted by molar-refractivity contribution is -0.383. The Morgan fingerprint density at radius 2 is 2.12 bits per heavy atom. The maximum absolute atomic E-state index is 11.6. The molecule has 0 spiro atoms. The molecule has 9 nitrogen and oxygen atoms in total. The van der Waals surface area contributed by atoms with Crippen molar-refractivity contribution >= 4 is 21.4 Å². The fourth-order valence-electron chi connectivity index (χ4n) is 3.22. The Kier molecular flexibility index (Phi) is 4.72. The van der Waals surface area contributed by atoms with E-state index in [0.29, 0.717) is 42.2 Å². The van der Waals surface area contributed by atoms with Gasteiger partial charge in [-0.2, -0.15) is 0 Å². The van der Waals surface area contributed by atoms with E-state index in [1.54, 1.807) is 26.0 Å². The quantitative estimate of drug-likeness (QED) is 0.624. The van der Waals surface area contributed by atoms with Crippen molar-refractivity contribution in [2.75, 3.05) is 24.7 Å². The zero-order valence-corrected chi connectivity index (χ0v) is 15.5. The minimum absolute atomic E-state index is 0.0692. The number of hydrogen-bond acceptors (Lipinski definition) is 7. The molecule has 1 aromatic heterocycles. The summed E-state index contributed by atoms with van der Waals surface area (Å²) in [6.07, 6.45) is 1.76. The van der Waals surface area contributed by atoms with Gasteiger partial charge in [0.05, 0.1) is 16.9 Å². The van der Waals surface area contributed by atoms with Crippen LogP contribution < -0.4 is 5.32 Å². The van der Waals surface area contributed by atoms with E-state index in [-0.39, 0.29) is 11.7 Å². The van der Waals surface area contributed by atoms with Crippen LogP contribution in [0.2, 0.25) is 0 Å². The average Bonchev–Trinajstić information content (AvgIpc) is 3.15. The molecule has 1 aliphatic rings. The number of hydrogen-bond donors (Lipinski definition) is 1. The minimum Gasteiger partial charge on any atom is -0.375 e. The molecule has 1 N–H and O–H groups in total. The van der Waals surface area contributed by atoms with Crippen LogP contribution in [0.15, 0.2) is 22.7 Å². The van der Waals surface area contributed by atoms with Crippen molar-refractivity contribution in [2.45, 2.75) is 26.3 Å². The maximum Gasteiger partial charge on any atom is 0.292 e. The SMILES string of the molecule is Cc1noc(C)c1-c1ccc(N[C@@H]2CCN(S(C)(=O)=O)C2)c([N+](=O)[O-])c1. The predicted octanol–water partition coefficient (Wildman–Crippen LogP) is 2.31. The average molecular weight is 380 g/mol. The summed E-state index contributed by atoms with van der Waals surface area (Å²) in [5.74, 6) is 0.595. The molecule has 0 aliphatic carbocycles. The molecule has 1 aliphatic heterocycles. The zero-order chi connectivity index (χ0) is 19.1. The topological polar surface area (TPSA) is 119 Å². The standard InChI is InChI=1S/C16H20N4O5S/c1-10-16(11(2)25-18-10)12-4-5-14(15(8-12)20(21)22)17-13-6-7-19(9-13)26(3,23)24/h4-5,8,13,17H,6-7,9H2,1-3H3/t13-/m1/s1. The summed E-state index contributed by atoms with van der Waals surface area (Å²) in [7, 11) is -3.26. The fourth-order valence-corrected chi connectivity index (χ4v) is 4.11. The third-order valence-electron chi connectivity index (χ3n) is 4.50. The monoisotopic (exact) mass is 380 g/mol. The van der Waals surface area contributed by atoms with Gasteiger partial charge in [0.1, 0.15) is 11.4 Å². The minimum atomic E-state index is -3.26. The van der Waals surface area contributed by atoms with E-state index in [0.717, 1.165) is 11.8 Å². The summed E-state index contributed by atoms with van der Waals surface area (Å²) in [5, 5.41) is 18.5. The largest absolute Gasteiger partial charge is 0.375 e. The first kappa shape index (κ1) is 18.3. The molecule has 1 fully saturated rings. The van der Waals surface area contributed by atoms with Crippen LogP contribution in [0.25, 0.3) is 11.1 Å². The van der Waals surface area contributed by atoms with Crippen LogP contribution in [0.5, 0.6) is 0 Å². The highest BCUT2D eigenvalue weighted by Gasteiger charge is 2.30. The van der Waals surface area contributed by atoms with Gasteiger partial charge in [0, 0.05) is 30.8 Å². The molecule has 0 radical (unpaired) electrons. The Bertz CT molecular complexity index is 934. The predicted molar refractivity (Wildman–Crippen MR) is 96.5 cm³/mol. The molecule has 1 saturated heterocycles. The molecule has 0 amide bonds. The van der Waals surface area contributed by atoms with Gasteiger partial charge >= 0.3 is 0 Å². The van der Waals surface area contributed by atoms with Gasteiger partial charge in [0.25, 0.3) is 5.69 Å². The van der Waals surface area contributed by atoms with Crippen LogP contribution in [-0.2, 0) is 10.0 Å². The molecule has 2 aromatic rings. The number of anilines is 1. The number of sulfonamides is 1. The Labute approximate surface area is 151 Å². The van der Waals surface area contributed by atoms with Crippen molar-refractivity contribution in [3.63, 3.8) is 0 Å². The van der Waals surface area contributed by atoms with Gasteiger partial charge in [-0.3, -0.25) is 10.1 Å². The Morgan fingerprint density at radius 1 is 1.38 bits per heavy atom. The van der Waals surface area contributed by atoms with E-state index in [2.05, 4.69) is 10.5 Å². The van der Waals surface area contributed by atoms with E-state index in [4.69, 9.17) is 4.52 Å². The van der Waals surface area contributed by atoms with Crippen LogP contribution in [0.1, 0.15) is 17.9 Å². The third kappa shape index (κ3) is 3.56. The molecule has 10 heteroatoms. The van der Waals surface area contributed by atoms with E-state index in [1.807, 2.05) is 0 Å². The second kappa shape index (κ2) is 6.69. The summed E-state index contributed by atoms with van der Waals surface area (Å²) >= 11 is 0. The first-order valence-electron chi connectivity index (χ1n) is 8.10. The number of nitro benzene ring substituents is 1. The van der Waals surface area contributed by atoms with Crippen LogP contribution >= 0.6 is 0 Å². The van der Waals surface area contributed by atoms with E-state index in [9.17, 15) is 18.5 Å². The molecule has 1 atom stereocenters. The second-order valence-electron chi connectivity index (χ2n) is 6.44. The summed E-state index contributed by atoms with van der Waals surface area (Å²) in [4.78, 5) is 11.1. The van der Waals surface area contributed by atoms with Crippen molar-refractivity contribution in [1.82, 2.24) is 9.46 Å². The van der Waals surface area contributed by atoms with E-state index >= 15 is 0 Å². The van der Waals surface area contributed by atoms with Gasteiger partial charge in [0.2, 0.25) is 10.0 Å². The van der Waals surface area contributed by atoms with Crippen molar-refractivity contribution in [1.29, 1.82) is 0 Å². The van der Waals surface area contributed by atoms with E-state index in [1.165, 1.54) is 10.4 Å². The van der Waals surface area contributed by atoms with Crippen LogP contribution in [0, 0.1) is 24.0 Å². The Hall–Kier alpha value is -2.46. The normalized spacial score (nSPS) is 18.2. The molecular weight excluding hydrogens is 360 g/mol. The highest BCUT2D eigenvalue weighted by molar-refractivity contribution is 7.88. The van der Waals surface area contributed by atoms with Crippen LogP contribution in [-0.4, -0.2) is 48.2 Å². The van der Waals surface area contributed by atoms with Crippen molar-refractivity contribution in [3.05, 3.63) is 39.8 Å². The molecule has 0 saturated carbocycles. The first-order chi connectivity index (χ1) is 12.2. The van der Waals surface area contributed by atoms with Crippen LogP contribution in [0.4, 0.5) is 11.4 Å². The number of aryl methyl sites for hydroxylation is 2. The van der Waals surface area contributed by atoms with Gasteiger partial charge in [-0.1, -0.05) is 11.2 Å². The lowest BCUT2D eigenvalue weighted by Gasteiger charge is -2.16. The third-order valence-corrected chi connectivity index (χ3v) is 5.77. The maximum atomic E-state index is 11.6. The fraction of sp³-hybridized carbons (Fsp3) is 0.438. The van der Waals surface area contributed by atoms with Crippen LogP contribution in [0.3, 0.4) is 0 Å². The van der Waals surface area contributed by atoms with Gasteiger partial charge in [-0.05, 0) is 31.9 Å². The Morgan fingerprint density at radius 3 is 2.65 bits per heavy atom. The van der Waals surface area contributed by atoms with Gasteiger partial charge in [-0.25, -0.2) is 12.7 Å². The molecule has 1 aromatic carbocycles. The molecule has 2 heterocycles. The molecule has 0 unspecified atom stereocenters. The summed E-state index contributed by atoms with van der Waals surface area (Å²) in [6, 6.07) is 4.72. The molecule has 26 heavy (non-hydrogen) atoms. The molecule has 3 rings (SSSR count). The zero-order valence-electron chi connectivity index (χ0n) is 14.7. The van der Waals surface area contributed by atoms with Crippen molar-refractivity contribution < 1.29 is 17.9 Å². The summed E-state index contributed by atoms with van der Waals surface area (Å²) in [5.41, 5.74) is 2.36. The molecule has 140 valence electrons. The lowest BCUT2D eigenvalue weighted by atomic mass is 10.0.